The summed E-state index contributed by atoms with van der Waals surface area (Å²) in [4.78, 5) is 8.25. The van der Waals surface area contributed by atoms with Crippen molar-refractivity contribution < 1.29 is 10.3 Å². The largest absolute Gasteiger partial charge is 0.411 e. The van der Waals surface area contributed by atoms with Crippen LogP contribution in [0.5, 0.6) is 0 Å². The lowest BCUT2D eigenvalue weighted by molar-refractivity contribution is -0.402. The molecule has 42 valence electrons. The smallest absolute Gasteiger partial charge is 0.0689 e. The molecule has 0 aliphatic carbocycles. The average Bonchev–Trinajstić information content (AvgIpc) is 1.33. The highest BCUT2D eigenvalue weighted by molar-refractivity contribution is 5.20. The fourth-order valence-corrected chi connectivity index (χ4v) is 0. The molecule has 7 heavy (non-hydrogen) atoms. The molecule has 0 amide bonds. The van der Waals surface area contributed by atoms with E-state index in [4.69, 9.17) is 20.5 Å². The Balaban J connectivity index is 0. The van der Waals surface area contributed by atoms with Crippen molar-refractivity contribution in [3.8, 4) is 0 Å². The predicted octanol–water partition coefficient (Wildman–Crippen LogP) is -0.163. The fourth-order valence-electron chi connectivity index (χ4n) is 0. The van der Waals surface area contributed by atoms with Gasteiger partial charge in [-0.15, -0.1) is 5.16 Å². The molecule has 6 heteroatoms. The number of hydrogen-bond acceptors (Lipinski definition) is 5. The maximum Gasteiger partial charge on any atom is 0.0689 e. The SMILES string of the molecule is C=NO.O=[N+]([O-])[O-]. The van der Waals surface area contributed by atoms with Gasteiger partial charge in [-0.1, -0.05) is 0 Å². The Morgan fingerprint density at radius 1 is 1.71 bits per heavy atom. The number of nitrogens with zero attached hydrogens (tertiary/aromatic N) is 2. The molecule has 0 saturated carbocycles. The second-order valence-corrected chi connectivity index (χ2v) is 0.365. The molecule has 0 saturated heterocycles. The first-order valence-corrected chi connectivity index (χ1v) is 1.06. The minimum atomic E-state index is -1.75. The normalized spacial score (nSPS) is 5.14. The molecule has 0 aliphatic heterocycles. The standard InChI is InChI=1S/CH3NO.NO3/c1-2-3;2-1(3)4/h3H,1H2;/q;-1. The van der Waals surface area contributed by atoms with Crippen molar-refractivity contribution in [3.05, 3.63) is 15.3 Å². The summed E-state index contributed by atoms with van der Waals surface area (Å²) >= 11 is 0. The molecule has 0 atom stereocenters. The molecule has 0 rings (SSSR count). The minimum Gasteiger partial charge on any atom is -0.411 e. The van der Waals surface area contributed by atoms with Crippen LogP contribution in [0.25, 0.3) is 0 Å². The fraction of sp³-hybridized carbons (Fsp3) is 0. The van der Waals surface area contributed by atoms with Crippen LogP contribution in [0.2, 0.25) is 0 Å². The summed E-state index contributed by atoms with van der Waals surface area (Å²) in [5.74, 6) is 0. The molecule has 0 spiro atoms. The zero-order valence-corrected chi connectivity index (χ0v) is 3.27. The van der Waals surface area contributed by atoms with Gasteiger partial charge in [-0.3, -0.25) is 0 Å². The zero-order chi connectivity index (χ0) is 6.28. The Morgan fingerprint density at radius 3 is 1.71 bits per heavy atom. The van der Waals surface area contributed by atoms with Crippen molar-refractivity contribution in [2.45, 2.75) is 0 Å². The summed E-state index contributed by atoms with van der Waals surface area (Å²) < 4.78 is 0. The lowest BCUT2D eigenvalue weighted by Crippen LogP contribution is -1.74. The van der Waals surface area contributed by atoms with Crippen molar-refractivity contribution in [3.63, 3.8) is 0 Å². The van der Waals surface area contributed by atoms with E-state index in [0.29, 0.717) is 0 Å². The summed E-state index contributed by atoms with van der Waals surface area (Å²) in [6, 6.07) is 0. The van der Waals surface area contributed by atoms with E-state index in [2.05, 4.69) is 11.9 Å². The highest BCUT2D eigenvalue weighted by Gasteiger charge is 1.45. The van der Waals surface area contributed by atoms with Crippen LogP contribution in [0.1, 0.15) is 0 Å². The average molecular weight is 107 g/mol. The van der Waals surface area contributed by atoms with Crippen molar-refractivity contribution in [2.24, 2.45) is 5.16 Å². The minimum absolute atomic E-state index is 1.75. The Morgan fingerprint density at radius 2 is 1.71 bits per heavy atom. The van der Waals surface area contributed by atoms with Gasteiger partial charge in [0.15, 0.2) is 0 Å². The molecule has 0 bridgehead atoms. The van der Waals surface area contributed by atoms with Crippen molar-refractivity contribution in [1.29, 1.82) is 0 Å². The Kier molecular flexibility index (Phi) is 11.6. The van der Waals surface area contributed by atoms with E-state index in [0.717, 1.165) is 0 Å². The van der Waals surface area contributed by atoms with Crippen LogP contribution in [0.3, 0.4) is 0 Å². The van der Waals surface area contributed by atoms with Crippen LogP contribution in [-0.2, 0) is 0 Å². The van der Waals surface area contributed by atoms with Crippen molar-refractivity contribution in [2.75, 3.05) is 0 Å². The van der Waals surface area contributed by atoms with Gasteiger partial charge in [-0.2, -0.15) is 0 Å². The van der Waals surface area contributed by atoms with Gasteiger partial charge in [-0.25, -0.2) is 0 Å². The van der Waals surface area contributed by atoms with E-state index in [1.54, 1.807) is 0 Å². The summed E-state index contributed by atoms with van der Waals surface area (Å²) in [5, 5.41) is 24.1. The van der Waals surface area contributed by atoms with Gasteiger partial charge in [-0.05, 0) is 0 Å². The molecule has 0 aliphatic rings. The van der Waals surface area contributed by atoms with Crippen molar-refractivity contribution >= 4 is 6.72 Å². The van der Waals surface area contributed by atoms with E-state index < -0.39 is 5.09 Å². The van der Waals surface area contributed by atoms with E-state index in [1.807, 2.05) is 0 Å². The molecule has 0 aromatic carbocycles. The number of hydrogen-bond donors (Lipinski definition) is 1. The molecule has 6 nitrogen and oxygen atoms in total. The van der Waals surface area contributed by atoms with Gasteiger partial charge in [0, 0.05) is 6.72 Å². The quantitative estimate of drug-likeness (QED) is 0.201. The first kappa shape index (κ1) is 9.18. The van der Waals surface area contributed by atoms with Crippen LogP contribution < -0.4 is 0 Å². The maximum absolute atomic E-state index is 8.25. The van der Waals surface area contributed by atoms with Crippen molar-refractivity contribution in [1.82, 2.24) is 0 Å². The lowest BCUT2D eigenvalue weighted by Gasteiger charge is -1.74. The van der Waals surface area contributed by atoms with E-state index in [1.165, 1.54) is 0 Å². The molecular weight excluding hydrogens is 104 g/mol. The Labute approximate surface area is 38.8 Å². The van der Waals surface area contributed by atoms with E-state index in [9.17, 15) is 0 Å². The maximum atomic E-state index is 8.25. The molecule has 0 heterocycles. The van der Waals surface area contributed by atoms with Crippen LogP contribution in [0, 0.1) is 15.3 Å². The third-order valence-corrected chi connectivity index (χ3v) is 0. The topological polar surface area (TPSA) is 98.8 Å². The first-order valence-electron chi connectivity index (χ1n) is 1.06. The third-order valence-electron chi connectivity index (χ3n) is 0. The highest BCUT2D eigenvalue weighted by Crippen LogP contribution is 1.44. The van der Waals surface area contributed by atoms with Crippen LogP contribution in [-0.4, -0.2) is 17.0 Å². The van der Waals surface area contributed by atoms with Gasteiger partial charge < -0.3 is 20.5 Å². The van der Waals surface area contributed by atoms with Crippen LogP contribution in [0.4, 0.5) is 0 Å². The number of oxime groups is 1. The molecular formula is CH3N2O4-. The monoisotopic (exact) mass is 107 g/mol. The van der Waals surface area contributed by atoms with Gasteiger partial charge in [0.2, 0.25) is 0 Å². The summed E-state index contributed by atoms with van der Waals surface area (Å²) in [5.41, 5.74) is 0. The first-order chi connectivity index (χ1) is 3.15. The molecule has 1 N–H and O–H groups in total. The van der Waals surface area contributed by atoms with E-state index in [-0.39, 0.29) is 0 Å². The molecule has 0 unspecified atom stereocenters. The van der Waals surface area contributed by atoms with Crippen LogP contribution >= 0.6 is 0 Å². The molecule has 0 aromatic heterocycles. The molecule has 0 fully saturated rings. The summed E-state index contributed by atoms with van der Waals surface area (Å²) in [7, 11) is 0. The van der Waals surface area contributed by atoms with E-state index >= 15 is 0 Å². The van der Waals surface area contributed by atoms with Gasteiger partial charge >= 0.3 is 0 Å². The molecule has 0 aromatic rings. The van der Waals surface area contributed by atoms with Gasteiger partial charge in [0.1, 0.15) is 0 Å². The lowest BCUT2D eigenvalue weighted by atomic mass is 11.8. The third kappa shape index (κ3) is 18.8. The molecule has 0 radical (unpaired) electrons. The predicted molar refractivity (Wildman–Crippen MR) is 21.7 cm³/mol. The second kappa shape index (κ2) is 8.82. The Hall–Kier alpha value is -1.33. The second-order valence-electron chi connectivity index (χ2n) is 0.365. The Bertz CT molecular complexity index is 56.7. The summed E-state index contributed by atoms with van der Waals surface area (Å²) in [6.07, 6.45) is 0. The zero-order valence-electron chi connectivity index (χ0n) is 3.27. The van der Waals surface area contributed by atoms with Gasteiger partial charge in [0.25, 0.3) is 0 Å². The highest BCUT2D eigenvalue weighted by atomic mass is 16.9. The number of rotatable bonds is 0. The van der Waals surface area contributed by atoms with Crippen LogP contribution in [0.15, 0.2) is 5.16 Å². The summed E-state index contributed by atoms with van der Waals surface area (Å²) in [6.45, 7) is 2.67. The van der Waals surface area contributed by atoms with Gasteiger partial charge in [0.05, 0.1) is 5.09 Å².